The predicted molar refractivity (Wildman–Crippen MR) is 78.3 cm³/mol. The average Bonchev–Trinajstić information content (AvgIpc) is 2.46. The van der Waals surface area contributed by atoms with Crippen LogP contribution in [-0.2, 0) is 6.61 Å². The first kappa shape index (κ1) is 14.7. The quantitative estimate of drug-likeness (QED) is 0.846. The zero-order chi connectivity index (χ0) is 15.4. The molecule has 106 valence electrons. The maximum atomic E-state index is 11.1. The number of halogens is 1. The molecule has 21 heavy (non-hydrogen) atoms. The molecule has 0 aliphatic heterocycles. The molecule has 0 atom stereocenters. The van der Waals surface area contributed by atoms with Crippen molar-refractivity contribution in [1.82, 2.24) is 0 Å². The van der Waals surface area contributed by atoms with Crippen LogP contribution >= 0.6 is 11.6 Å². The van der Waals surface area contributed by atoms with Crippen molar-refractivity contribution in [1.29, 1.82) is 5.26 Å². The number of nitrogens with two attached hydrogens (primary N) is 1. The molecular formula is C15H11ClN2O3. The molecule has 0 saturated heterocycles. The lowest BCUT2D eigenvalue weighted by molar-refractivity contribution is 0.0692. The molecule has 5 nitrogen and oxygen atoms in total. The predicted octanol–water partition coefficient (Wildman–Crippen LogP) is 3.07. The Balaban J connectivity index is 2.21. The second-order valence-corrected chi connectivity index (χ2v) is 4.67. The Morgan fingerprint density at radius 3 is 2.71 bits per heavy atom. The lowest BCUT2D eigenvalue weighted by Gasteiger charge is -2.11. The van der Waals surface area contributed by atoms with E-state index in [9.17, 15) is 4.79 Å². The number of carboxylic acids is 1. The molecule has 6 heteroatoms. The van der Waals surface area contributed by atoms with Crippen LogP contribution in [0.3, 0.4) is 0 Å². The molecule has 2 aromatic carbocycles. The standard InChI is InChI=1S/C15H11ClN2O3/c16-13-5-9(7-17)1-2-10(13)8-21-14-4-3-11(18)6-12(14)15(19)20/h1-6H,8,18H2,(H,19,20). The molecule has 0 saturated carbocycles. The highest BCUT2D eigenvalue weighted by atomic mass is 35.5. The molecular weight excluding hydrogens is 292 g/mol. The maximum absolute atomic E-state index is 11.1. The molecule has 0 aliphatic rings. The number of anilines is 1. The van der Waals surface area contributed by atoms with E-state index >= 15 is 0 Å². The summed E-state index contributed by atoms with van der Waals surface area (Å²) in [6.07, 6.45) is 0. The van der Waals surface area contributed by atoms with Crippen molar-refractivity contribution in [2.75, 3.05) is 5.73 Å². The van der Waals surface area contributed by atoms with Gasteiger partial charge in [0.25, 0.3) is 0 Å². The number of nitriles is 1. The third-order valence-corrected chi connectivity index (χ3v) is 3.15. The van der Waals surface area contributed by atoms with E-state index in [1.54, 1.807) is 18.2 Å². The number of benzene rings is 2. The number of carboxylic acid groups (broad SMARTS) is 1. The number of carbonyl (C=O) groups is 1. The number of hydrogen-bond donors (Lipinski definition) is 2. The fraction of sp³-hybridized carbons (Fsp3) is 0.0667. The minimum Gasteiger partial charge on any atom is -0.488 e. The fourth-order valence-electron chi connectivity index (χ4n) is 1.73. The van der Waals surface area contributed by atoms with Crippen molar-refractivity contribution >= 4 is 23.3 Å². The summed E-state index contributed by atoms with van der Waals surface area (Å²) in [6, 6.07) is 11.2. The molecule has 3 N–H and O–H groups in total. The maximum Gasteiger partial charge on any atom is 0.339 e. The van der Waals surface area contributed by atoms with E-state index in [1.807, 2.05) is 6.07 Å². The van der Waals surface area contributed by atoms with E-state index in [0.717, 1.165) is 0 Å². The molecule has 0 fully saturated rings. The van der Waals surface area contributed by atoms with Gasteiger partial charge in [-0.05, 0) is 30.3 Å². The van der Waals surface area contributed by atoms with Gasteiger partial charge in [0.1, 0.15) is 17.9 Å². The van der Waals surface area contributed by atoms with Crippen LogP contribution in [0.1, 0.15) is 21.5 Å². The summed E-state index contributed by atoms with van der Waals surface area (Å²) in [5.41, 5.74) is 6.99. The number of hydrogen-bond acceptors (Lipinski definition) is 4. The summed E-state index contributed by atoms with van der Waals surface area (Å²) < 4.78 is 5.49. The van der Waals surface area contributed by atoms with Crippen LogP contribution in [0.25, 0.3) is 0 Å². The molecule has 0 heterocycles. The van der Waals surface area contributed by atoms with Gasteiger partial charge >= 0.3 is 5.97 Å². The van der Waals surface area contributed by atoms with Crippen molar-refractivity contribution < 1.29 is 14.6 Å². The summed E-state index contributed by atoms with van der Waals surface area (Å²) in [7, 11) is 0. The van der Waals surface area contributed by atoms with Crippen LogP contribution in [0.2, 0.25) is 5.02 Å². The minimum absolute atomic E-state index is 0.0141. The average molecular weight is 303 g/mol. The highest BCUT2D eigenvalue weighted by molar-refractivity contribution is 6.31. The van der Waals surface area contributed by atoms with Crippen molar-refractivity contribution in [3.63, 3.8) is 0 Å². The van der Waals surface area contributed by atoms with Gasteiger partial charge in [-0.15, -0.1) is 0 Å². The van der Waals surface area contributed by atoms with E-state index in [0.29, 0.717) is 21.8 Å². The topological polar surface area (TPSA) is 96.3 Å². The summed E-state index contributed by atoms with van der Waals surface area (Å²) in [4.78, 5) is 11.1. The van der Waals surface area contributed by atoms with Crippen molar-refractivity contribution in [3.05, 3.63) is 58.1 Å². The van der Waals surface area contributed by atoms with Crippen LogP contribution in [-0.4, -0.2) is 11.1 Å². The van der Waals surface area contributed by atoms with Crippen LogP contribution < -0.4 is 10.5 Å². The summed E-state index contributed by atoms with van der Waals surface area (Å²) >= 11 is 6.03. The summed E-state index contributed by atoms with van der Waals surface area (Å²) in [6.45, 7) is 0.0920. The fourth-order valence-corrected chi connectivity index (χ4v) is 1.97. The largest absolute Gasteiger partial charge is 0.488 e. The number of nitrogen functional groups attached to an aromatic ring is 1. The molecule has 2 rings (SSSR count). The first-order valence-corrected chi connectivity index (χ1v) is 6.33. The highest BCUT2D eigenvalue weighted by Gasteiger charge is 2.12. The zero-order valence-electron chi connectivity index (χ0n) is 10.8. The molecule has 0 amide bonds. The van der Waals surface area contributed by atoms with Crippen LogP contribution in [0.5, 0.6) is 5.75 Å². The molecule has 0 bridgehead atoms. The second kappa shape index (κ2) is 6.16. The van der Waals surface area contributed by atoms with Gasteiger partial charge in [0.2, 0.25) is 0 Å². The second-order valence-electron chi connectivity index (χ2n) is 4.27. The molecule has 2 aromatic rings. The van der Waals surface area contributed by atoms with Gasteiger partial charge in [0, 0.05) is 16.3 Å². The van der Waals surface area contributed by atoms with Gasteiger partial charge in [-0.25, -0.2) is 4.79 Å². The van der Waals surface area contributed by atoms with Crippen molar-refractivity contribution in [2.24, 2.45) is 0 Å². The van der Waals surface area contributed by atoms with E-state index in [2.05, 4.69) is 0 Å². The molecule has 0 spiro atoms. The highest BCUT2D eigenvalue weighted by Crippen LogP contribution is 2.24. The van der Waals surface area contributed by atoms with E-state index < -0.39 is 5.97 Å². The van der Waals surface area contributed by atoms with Gasteiger partial charge in [0.15, 0.2) is 0 Å². The van der Waals surface area contributed by atoms with Gasteiger partial charge in [-0.3, -0.25) is 0 Å². The number of rotatable bonds is 4. The third-order valence-electron chi connectivity index (χ3n) is 2.80. The summed E-state index contributed by atoms with van der Waals surface area (Å²) in [5.74, 6) is -0.916. The Labute approximate surface area is 126 Å². The van der Waals surface area contributed by atoms with E-state index in [1.165, 1.54) is 18.2 Å². The van der Waals surface area contributed by atoms with Gasteiger partial charge in [-0.2, -0.15) is 5.26 Å². The normalized spacial score (nSPS) is 9.90. The lowest BCUT2D eigenvalue weighted by Crippen LogP contribution is -2.04. The smallest absolute Gasteiger partial charge is 0.339 e. The van der Waals surface area contributed by atoms with Gasteiger partial charge in [0.05, 0.1) is 11.6 Å². The summed E-state index contributed by atoms with van der Waals surface area (Å²) in [5, 5.41) is 18.3. The van der Waals surface area contributed by atoms with Crippen molar-refractivity contribution in [2.45, 2.75) is 6.61 Å². The third kappa shape index (κ3) is 3.44. The van der Waals surface area contributed by atoms with Crippen molar-refractivity contribution in [3.8, 4) is 11.8 Å². The number of ether oxygens (including phenoxy) is 1. The molecule has 0 radical (unpaired) electrons. The number of nitrogens with zero attached hydrogens (tertiary/aromatic N) is 1. The van der Waals surface area contributed by atoms with Gasteiger partial charge < -0.3 is 15.6 Å². The number of aromatic carboxylic acids is 1. The minimum atomic E-state index is -1.12. The van der Waals surface area contributed by atoms with E-state index in [-0.39, 0.29) is 17.9 Å². The Morgan fingerprint density at radius 2 is 2.10 bits per heavy atom. The zero-order valence-corrected chi connectivity index (χ0v) is 11.6. The molecule has 0 unspecified atom stereocenters. The van der Waals surface area contributed by atoms with Crippen LogP contribution in [0.4, 0.5) is 5.69 Å². The van der Waals surface area contributed by atoms with Gasteiger partial charge in [-0.1, -0.05) is 17.7 Å². The molecule has 0 aromatic heterocycles. The Hall–Kier alpha value is -2.71. The first-order valence-electron chi connectivity index (χ1n) is 5.95. The SMILES string of the molecule is N#Cc1ccc(COc2ccc(N)cc2C(=O)O)c(Cl)c1. The first-order chi connectivity index (χ1) is 10.0. The van der Waals surface area contributed by atoms with Crippen LogP contribution in [0, 0.1) is 11.3 Å². The Morgan fingerprint density at radius 1 is 1.33 bits per heavy atom. The monoisotopic (exact) mass is 302 g/mol. The Bertz CT molecular complexity index is 738. The van der Waals surface area contributed by atoms with Crippen LogP contribution in [0.15, 0.2) is 36.4 Å². The lowest BCUT2D eigenvalue weighted by atomic mass is 10.1. The molecule has 0 aliphatic carbocycles. The van der Waals surface area contributed by atoms with E-state index in [4.69, 9.17) is 32.4 Å². The Kier molecular flexibility index (Phi) is 4.31.